The van der Waals surface area contributed by atoms with Crippen LogP contribution in [0.1, 0.15) is 19.4 Å². The van der Waals surface area contributed by atoms with Gasteiger partial charge in [0.2, 0.25) is 0 Å². The van der Waals surface area contributed by atoms with E-state index in [4.69, 9.17) is 5.73 Å². The molecule has 0 spiro atoms. The number of hydrogen-bond acceptors (Lipinski definition) is 2. The summed E-state index contributed by atoms with van der Waals surface area (Å²) < 4.78 is 0. The molecular formula is C10H15NS. The van der Waals surface area contributed by atoms with E-state index in [0.717, 1.165) is 11.4 Å². The second kappa shape index (κ2) is 4.41. The standard InChI is InChI=1S/C10H15NS/c1-8(2)12-7-9-4-3-5-10(11)6-9/h3-6,8H,7,11H2,1-2H3. The molecule has 1 aromatic rings. The molecule has 0 fully saturated rings. The lowest BCUT2D eigenvalue weighted by atomic mass is 10.2. The molecule has 0 heterocycles. The van der Waals surface area contributed by atoms with E-state index < -0.39 is 0 Å². The van der Waals surface area contributed by atoms with Crippen LogP contribution in [-0.2, 0) is 5.75 Å². The van der Waals surface area contributed by atoms with E-state index in [0.29, 0.717) is 5.25 Å². The van der Waals surface area contributed by atoms with Crippen molar-refractivity contribution in [3.8, 4) is 0 Å². The molecule has 0 aromatic heterocycles. The van der Waals surface area contributed by atoms with E-state index in [2.05, 4.69) is 19.9 Å². The van der Waals surface area contributed by atoms with Gasteiger partial charge in [-0.05, 0) is 22.9 Å². The Morgan fingerprint density at radius 1 is 1.42 bits per heavy atom. The molecule has 66 valence electrons. The van der Waals surface area contributed by atoms with Crippen molar-refractivity contribution in [1.29, 1.82) is 0 Å². The van der Waals surface area contributed by atoms with Gasteiger partial charge in [-0.15, -0.1) is 0 Å². The Bertz CT molecular complexity index is 245. The van der Waals surface area contributed by atoms with Crippen molar-refractivity contribution < 1.29 is 0 Å². The SMILES string of the molecule is CC(C)SCc1cccc(N)c1. The molecule has 0 bridgehead atoms. The van der Waals surface area contributed by atoms with E-state index >= 15 is 0 Å². The van der Waals surface area contributed by atoms with Gasteiger partial charge in [0.25, 0.3) is 0 Å². The number of rotatable bonds is 3. The maximum Gasteiger partial charge on any atom is 0.0317 e. The van der Waals surface area contributed by atoms with Gasteiger partial charge in [-0.1, -0.05) is 26.0 Å². The molecule has 0 aliphatic heterocycles. The fourth-order valence-corrected chi connectivity index (χ4v) is 1.65. The molecular weight excluding hydrogens is 166 g/mol. The van der Waals surface area contributed by atoms with E-state index in [-0.39, 0.29) is 0 Å². The number of anilines is 1. The topological polar surface area (TPSA) is 26.0 Å². The molecule has 0 unspecified atom stereocenters. The fraction of sp³-hybridized carbons (Fsp3) is 0.400. The molecule has 0 aliphatic rings. The summed E-state index contributed by atoms with van der Waals surface area (Å²) in [6.07, 6.45) is 0. The zero-order valence-corrected chi connectivity index (χ0v) is 8.40. The third kappa shape index (κ3) is 3.18. The Balaban J connectivity index is 2.52. The van der Waals surface area contributed by atoms with Crippen molar-refractivity contribution >= 4 is 17.4 Å². The van der Waals surface area contributed by atoms with Crippen LogP contribution in [0.4, 0.5) is 5.69 Å². The highest BCUT2D eigenvalue weighted by molar-refractivity contribution is 7.99. The van der Waals surface area contributed by atoms with Crippen molar-refractivity contribution in [2.75, 3.05) is 5.73 Å². The first-order valence-electron chi connectivity index (χ1n) is 4.14. The molecule has 0 atom stereocenters. The zero-order valence-electron chi connectivity index (χ0n) is 7.58. The van der Waals surface area contributed by atoms with Crippen molar-refractivity contribution in [2.45, 2.75) is 24.9 Å². The maximum absolute atomic E-state index is 5.66. The van der Waals surface area contributed by atoms with Gasteiger partial charge in [0.1, 0.15) is 0 Å². The predicted octanol–water partition coefficient (Wildman–Crippen LogP) is 2.91. The van der Waals surface area contributed by atoms with Crippen LogP contribution in [0.15, 0.2) is 24.3 Å². The minimum Gasteiger partial charge on any atom is -0.399 e. The lowest BCUT2D eigenvalue weighted by molar-refractivity contribution is 1.11. The minimum atomic E-state index is 0.687. The van der Waals surface area contributed by atoms with E-state index in [1.54, 1.807) is 0 Å². The smallest absolute Gasteiger partial charge is 0.0317 e. The zero-order chi connectivity index (χ0) is 8.97. The van der Waals surface area contributed by atoms with Crippen LogP contribution in [0.25, 0.3) is 0 Å². The Kier molecular flexibility index (Phi) is 3.48. The van der Waals surface area contributed by atoms with Gasteiger partial charge in [-0.3, -0.25) is 0 Å². The first-order chi connectivity index (χ1) is 5.68. The normalized spacial score (nSPS) is 10.6. The highest BCUT2D eigenvalue weighted by Gasteiger charge is 1.96. The molecule has 0 aliphatic carbocycles. The first-order valence-corrected chi connectivity index (χ1v) is 5.19. The summed E-state index contributed by atoms with van der Waals surface area (Å²) >= 11 is 1.94. The summed E-state index contributed by atoms with van der Waals surface area (Å²) in [6, 6.07) is 8.08. The lowest BCUT2D eigenvalue weighted by Gasteiger charge is -2.04. The maximum atomic E-state index is 5.66. The largest absolute Gasteiger partial charge is 0.399 e. The van der Waals surface area contributed by atoms with Crippen LogP contribution in [0.3, 0.4) is 0 Å². The van der Waals surface area contributed by atoms with Gasteiger partial charge in [0.15, 0.2) is 0 Å². The van der Waals surface area contributed by atoms with Gasteiger partial charge in [-0.2, -0.15) is 11.8 Å². The van der Waals surface area contributed by atoms with Gasteiger partial charge >= 0.3 is 0 Å². The van der Waals surface area contributed by atoms with Crippen LogP contribution in [-0.4, -0.2) is 5.25 Å². The Morgan fingerprint density at radius 2 is 2.17 bits per heavy atom. The summed E-state index contributed by atoms with van der Waals surface area (Å²) in [6.45, 7) is 4.41. The van der Waals surface area contributed by atoms with Crippen LogP contribution in [0, 0.1) is 0 Å². The summed E-state index contributed by atoms with van der Waals surface area (Å²) in [5.41, 5.74) is 7.83. The number of nitrogens with two attached hydrogens (primary N) is 1. The second-order valence-electron chi connectivity index (χ2n) is 3.10. The average Bonchev–Trinajstić information content (AvgIpc) is 2.01. The molecule has 0 amide bonds. The predicted molar refractivity (Wildman–Crippen MR) is 57.3 cm³/mol. The van der Waals surface area contributed by atoms with Crippen molar-refractivity contribution in [2.24, 2.45) is 0 Å². The minimum absolute atomic E-state index is 0.687. The van der Waals surface area contributed by atoms with Gasteiger partial charge < -0.3 is 5.73 Å². The molecule has 2 N–H and O–H groups in total. The molecule has 0 saturated carbocycles. The molecule has 12 heavy (non-hydrogen) atoms. The molecule has 1 rings (SSSR count). The molecule has 0 saturated heterocycles. The monoisotopic (exact) mass is 181 g/mol. The first kappa shape index (κ1) is 9.46. The van der Waals surface area contributed by atoms with Crippen molar-refractivity contribution in [1.82, 2.24) is 0 Å². The highest BCUT2D eigenvalue weighted by atomic mass is 32.2. The van der Waals surface area contributed by atoms with Crippen LogP contribution < -0.4 is 5.73 Å². The number of hydrogen-bond donors (Lipinski definition) is 1. The number of thioether (sulfide) groups is 1. The fourth-order valence-electron chi connectivity index (χ4n) is 0.946. The van der Waals surface area contributed by atoms with Gasteiger partial charge in [0, 0.05) is 11.4 Å². The second-order valence-corrected chi connectivity index (χ2v) is 4.67. The van der Waals surface area contributed by atoms with E-state index in [1.165, 1.54) is 5.56 Å². The lowest BCUT2D eigenvalue weighted by Crippen LogP contribution is -1.90. The quantitative estimate of drug-likeness (QED) is 0.726. The Morgan fingerprint density at radius 3 is 2.75 bits per heavy atom. The van der Waals surface area contributed by atoms with E-state index in [1.807, 2.05) is 30.0 Å². The van der Waals surface area contributed by atoms with Crippen LogP contribution >= 0.6 is 11.8 Å². The molecule has 2 heteroatoms. The van der Waals surface area contributed by atoms with Gasteiger partial charge in [0.05, 0.1) is 0 Å². The van der Waals surface area contributed by atoms with Crippen molar-refractivity contribution in [3.63, 3.8) is 0 Å². The molecule has 1 nitrogen and oxygen atoms in total. The third-order valence-corrected chi connectivity index (χ3v) is 2.70. The summed E-state index contributed by atoms with van der Waals surface area (Å²) in [4.78, 5) is 0. The number of benzene rings is 1. The summed E-state index contributed by atoms with van der Waals surface area (Å²) in [5, 5.41) is 0.687. The van der Waals surface area contributed by atoms with Crippen LogP contribution in [0.2, 0.25) is 0 Å². The summed E-state index contributed by atoms with van der Waals surface area (Å²) in [7, 11) is 0. The Hall–Kier alpha value is -0.630. The van der Waals surface area contributed by atoms with Crippen molar-refractivity contribution in [3.05, 3.63) is 29.8 Å². The molecule has 1 aromatic carbocycles. The van der Waals surface area contributed by atoms with E-state index in [9.17, 15) is 0 Å². The van der Waals surface area contributed by atoms with Crippen LogP contribution in [0.5, 0.6) is 0 Å². The summed E-state index contributed by atoms with van der Waals surface area (Å²) in [5.74, 6) is 1.06. The Labute approximate surface area is 78.4 Å². The number of nitrogen functional groups attached to an aromatic ring is 1. The highest BCUT2D eigenvalue weighted by Crippen LogP contribution is 2.18. The third-order valence-electron chi connectivity index (χ3n) is 1.53. The average molecular weight is 181 g/mol. The molecule has 0 radical (unpaired) electrons. The van der Waals surface area contributed by atoms with Gasteiger partial charge in [-0.25, -0.2) is 0 Å².